The average Bonchev–Trinajstić information content (AvgIpc) is 2.76. The lowest BCUT2D eigenvalue weighted by Crippen LogP contribution is -2.30. The lowest BCUT2D eigenvalue weighted by molar-refractivity contribution is -0.0493. The van der Waals surface area contributed by atoms with Gasteiger partial charge < -0.3 is 10.1 Å². The van der Waals surface area contributed by atoms with Gasteiger partial charge in [0, 0.05) is 12.1 Å². The maximum Gasteiger partial charge on any atom is 0.387 e. The minimum Gasteiger partial charge on any atom is -0.433 e. The summed E-state index contributed by atoms with van der Waals surface area (Å²) in [7, 11) is -3.83. The third-order valence-electron chi connectivity index (χ3n) is 4.39. The van der Waals surface area contributed by atoms with E-state index >= 15 is 0 Å². The summed E-state index contributed by atoms with van der Waals surface area (Å²) in [5.41, 5.74) is 0.766. The van der Waals surface area contributed by atoms with Gasteiger partial charge >= 0.3 is 6.61 Å². The molecule has 1 N–H and O–H groups in total. The van der Waals surface area contributed by atoms with Crippen LogP contribution >= 0.6 is 0 Å². The zero-order valence-electron chi connectivity index (χ0n) is 16.5. The van der Waals surface area contributed by atoms with Crippen LogP contribution in [0.2, 0.25) is 0 Å². The predicted molar refractivity (Wildman–Crippen MR) is 114 cm³/mol. The molecule has 0 fully saturated rings. The van der Waals surface area contributed by atoms with Gasteiger partial charge in [-0.25, -0.2) is 8.42 Å². The van der Waals surface area contributed by atoms with E-state index in [0.717, 1.165) is 0 Å². The molecule has 31 heavy (non-hydrogen) atoms. The summed E-state index contributed by atoms with van der Waals surface area (Å²) in [6, 6.07) is 19.8. The van der Waals surface area contributed by atoms with E-state index < -0.39 is 22.5 Å². The van der Waals surface area contributed by atoms with E-state index in [1.807, 2.05) is 0 Å². The third kappa shape index (κ3) is 5.18. The Kier molecular flexibility index (Phi) is 6.86. The van der Waals surface area contributed by atoms with E-state index in [-0.39, 0.29) is 28.4 Å². The smallest absolute Gasteiger partial charge is 0.387 e. The summed E-state index contributed by atoms with van der Waals surface area (Å²) in [5.74, 6) is -0.767. The van der Waals surface area contributed by atoms with Gasteiger partial charge in [0.15, 0.2) is 0 Å². The highest BCUT2D eigenvalue weighted by atomic mass is 32.2. The minimum atomic E-state index is -3.83. The molecule has 3 aromatic carbocycles. The van der Waals surface area contributed by atoms with Crippen molar-refractivity contribution in [2.45, 2.75) is 18.4 Å². The maximum absolute atomic E-state index is 13.0. The molecule has 3 rings (SSSR count). The topological polar surface area (TPSA) is 75.7 Å². The first kappa shape index (κ1) is 22.2. The fraction of sp³-hybridized carbons (Fsp3) is 0.136. The molecule has 0 spiro atoms. The zero-order chi connectivity index (χ0) is 22.4. The third-order valence-corrected chi connectivity index (χ3v) is 6.30. The van der Waals surface area contributed by atoms with Crippen LogP contribution in [0.3, 0.4) is 0 Å². The molecule has 0 atom stereocenters. The Labute approximate surface area is 179 Å². The molecule has 0 aliphatic rings. The van der Waals surface area contributed by atoms with Gasteiger partial charge in [0.2, 0.25) is 0 Å². The second-order valence-corrected chi connectivity index (χ2v) is 8.22. The first-order valence-electron chi connectivity index (χ1n) is 9.36. The van der Waals surface area contributed by atoms with Crippen LogP contribution in [0.5, 0.6) is 5.75 Å². The van der Waals surface area contributed by atoms with Crippen molar-refractivity contribution in [2.75, 3.05) is 16.2 Å². The first-order chi connectivity index (χ1) is 14.8. The number of nitrogens with one attached hydrogen (secondary N) is 1. The number of halogens is 2. The van der Waals surface area contributed by atoms with Crippen molar-refractivity contribution in [3.63, 3.8) is 0 Å². The number of anilines is 2. The Hall–Kier alpha value is -3.46. The molecule has 0 bridgehead atoms. The Morgan fingerprint density at radius 1 is 0.968 bits per heavy atom. The van der Waals surface area contributed by atoms with E-state index in [1.165, 1.54) is 46.8 Å². The molecule has 0 heterocycles. The van der Waals surface area contributed by atoms with Crippen molar-refractivity contribution in [1.29, 1.82) is 0 Å². The molecule has 0 saturated carbocycles. The van der Waals surface area contributed by atoms with Crippen LogP contribution in [0.15, 0.2) is 83.8 Å². The molecule has 162 valence electrons. The van der Waals surface area contributed by atoms with E-state index in [1.54, 1.807) is 43.3 Å². The second kappa shape index (κ2) is 9.57. The van der Waals surface area contributed by atoms with Crippen molar-refractivity contribution in [3.8, 4) is 5.75 Å². The predicted octanol–water partition coefficient (Wildman–Crippen LogP) is 4.76. The van der Waals surface area contributed by atoms with Crippen molar-refractivity contribution in [3.05, 3.63) is 84.4 Å². The van der Waals surface area contributed by atoms with Crippen LogP contribution < -0.4 is 14.4 Å². The summed E-state index contributed by atoms with van der Waals surface area (Å²) in [6.07, 6.45) is 0. The Morgan fingerprint density at radius 2 is 1.58 bits per heavy atom. The number of rotatable bonds is 8. The Bertz CT molecular complexity index is 1140. The molecule has 0 unspecified atom stereocenters. The number of carbonyl (C=O) groups excluding carboxylic acids is 1. The van der Waals surface area contributed by atoms with Crippen molar-refractivity contribution in [1.82, 2.24) is 0 Å². The van der Waals surface area contributed by atoms with Gasteiger partial charge in [0.05, 0.1) is 16.3 Å². The molecular formula is C22H20F2N2O4S. The molecule has 0 saturated heterocycles. The van der Waals surface area contributed by atoms with Gasteiger partial charge in [-0.3, -0.25) is 9.10 Å². The average molecular weight is 446 g/mol. The normalized spacial score (nSPS) is 11.2. The molecule has 3 aromatic rings. The van der Waals surface area contributed by atoms with Crippen molar-refractivity contribution in [2.24, 2.45) is 0 Å². The monoisotopic (exact) mass is 446 g/mol. The number of amides is 1. The molecular weight excluding hydrogens is 426 g/mol. The van der Waals surface area contributed by atoms with E-state index in [2.05, 4.69) is 10.1 Å². The molecule has 6 nitrogen and oxygen atoms in total. The number of para-hydroxylation sites is 3. The van der Waals surface area contributed by atoms with E-state index in [4.69, 9.17) is 0 Å². The van der Waals surface area contributed by atoms with Crippen LogP contribution in [0.25, 0.3) is 0 Å². The number of carbonyl (C=O) groups is 1. The van der Waals surface area contributed by atoms with Gasteiger partial charge in [0.1, 0.15) is 5.75 Å². The lowest BCUT2D eigenvalue weighted by Gasteiger charge is -2.23. The number of hydrogen-bond acceptors (Lipinski definition) is 4. The minimum absolute atomic E-state index is 0.0242. The standard InChI is InChI=1S/C22H20F2N2O4S/c1-2-26(17-8-4-3-5-9-17)31(28,29)18-14-12-16(13-15-18)21(27)25-19-10-6-7-11-20(19)30-22(23)24/h3-15,22H,2H2,1H3,(H,25,27). The molecule has 9 heteroatoms. The fourth-order valence-corrected chi connectivity index (χ4v) is 4.43. The molecule has 1 amide bonds. The van der Waals surface area contributed by atoms with Gasteiger partial charge in [-0.05, 0) is 55.5 Å². The van der Waals surface area contributed by atoms with Crippen LogP contribution in [0.4, 0.5) is 20.2 Å². The number of ether oxygens (including phenoxy) is 1. The fourth-order valence-electron chi connectivity index (χ4n) is 2.95. The highest BCUT2D eigenvalue weighted by Crippen LogP contribution is 2.27. The summed E-state index contributed by atoms with van der Waals surface area (Å²) in [5, 5.41) is 2.49. The number of nitrogens with zero attached hydrogens (tertiary/aromatic N) is 1. The van der Waals surface area contributed by atoms with Crippen LogP contribution in [0, 0.1) is 0 Å². The zero-order valence-corrected chi connectivity index (χ0v) is 17.4. The molecule has 0 aromatic heterocycles. The number of sulfonamides is 1. The van der Waals surface area contributed by atoms with Crippen molar-refractivity contribution >= 4 is 27.3 Å². The van der Waals surface area contributed by atoms with Gasteiger partial charge in [-0.1, -0.05) is 30.3 Å². The summed E-state index contributed by atoms with van der Waals surface area (Å²) >= 11 is 0. The summed E-state index contributed by atoms with van der Waals surface area (Å²) in [6.45, 7) is -1.07. The Morgan fingerprint density at radius 3 is 2.19 bits per heavy atom. The largest absolute Gasteiger partial charge is 0.433 e. The van der Waals surface area contributed by atoms with Crippen molar-refractivity contribution < 1.29 is 26.7 Å². The van der Waals surface area contributed by atoms with Crippen LogP contribution in [-0.4, -0.2) is 27.5 Å². The molecule has 0 radical (unpaired) electrons. The maximum atomic E-state index is 13.0. The molecule has 0 aliphatic heterocycles. The van der Waals surface area contributed by atoms with Crippen LogP contribution in [-0.2, 0) is 10.0 Å². The second-order valence-electron chi connectivity index (χ2n) is 6.36. The quantitative estimate of drug-likeness (QED) is 0.542. The summed E-state index contributed by atoms with van der Waals surface area (Å²) < 4.78 is 56.8. The van der Waals surface area contributed by atoms with Gasteiger partial charge in [-0.2, -0.15) is 8.78 Å². The van der Waals surface area contributed by atoms with Gasteiger partial charge in [0.25, 0.3) is 15.9 Å². The highest BCUT2D eigenvalue weighted by Gasteiger charge is 2.24. The molecule has 0 aliphatic carbocycles. The highest BCUT2D eigenvalue weighted by molar-refractivity contribution is 7.92. The van der Waals surface area contributed by atoms with Gasteiger partial charge in [-0.15, -0.1) is 0 Å². The summed E-state index contributed by atoms with van der Waals surface area (Å²) in [4.78, 5) is 12.5. The number of hydrogen-bond donors (Lipinski definition) is 1. The number of benzene rings is 3. The lowest BCUT2D eigenvalue weighted by atomic mass is 10.2. The Balaban J connectivity index is 1.81. The first-order valence-corrected chi connectivity index (χ1v) is 10.8. The van der Waals surface area contributed by atoms with E-state index in [0.29, 0.717) is 5.69 Å². The van der Waals surface area contributed by atoms with Crippen LogP contribution in [0.1, 0.15) is 17.3 Å². The SMILES string of the molecule is CCN(c1ccccc1)S(=O)(=O)c1ccc(C(=O)Nc2ccccc2OC(F)F)cc1. The van der Waals surface area contributed by atoms with E-state index in [9.17, 15) is 22.0 Å². The number of alkyl halides is 2.